The van der Waals surface area contributed by atoms with Gasteiger partial charge in [0, 0.05) is 18.6 Å². The van der Waals surface area contributed by atoms with Crippen LogP contribution in [0.3, 0.4) is 0 Å². The van der Waals surface area contributed by atoms with Gasteiger partial charge in [0.25, 0.3) is 0 Å². The normalized spacial score (nSPS) is 34.5. The van der Waals surface area contributed by atoms with Crippen LogP contribution in [0.25, 0.3) is 0 Å². The predicted molar refractivity (Wildman–Crippen MR) is 77.7 cm³/mol. The topological polar surface area (TPSA) is 73.5 Å². The van der Waals surface area contributed by atoms with Gasteiger partial charge in [0.15, 0.2) is 0 Å². The zero-order valence-corrected chi connectivity index (χ0v) is 12.4. The first-order valence-corrected chi connectivity index (χ1v) is 8.23. The molecular weight excluding hydrogens is 268 g/mol. The van der Waals surface area contributed by atoms with E-state index in [1.807, 2.05) is 0 Å². The van der Waals surface area contributed by atoms with Crippen LogP contribution in [0.4, 0.5) is 4.79 Å². The van der Waals surface area contributed by atoms with Crippen LogP contribution in [0.1, 0.15) is 38.5 Å². The number of nitrogens with zero attached hydrogens (tertiary/aromatic N) is 1. The maximum absolute atomic E-state index is 12.5. The lowest BCUT2D eigenvalue weighted by Crippen LogP contribution is -2.58. The maximum Gasteiger partial charge on any atom is 0.318 e. The van der Waals surface area contributed by atoms with E-state index < -0.39 is 0 Å². The summed E-state index contributed by atoms with van der Waals surface area (Å²) in [5.41, 5.74) is 0.478. The fourth-order valence-electron chi connectivity index (χ4n) is 4.59. The summed E-state index contributed by atoms with van der Waals surface area (Å²) < 4.78 is 0. The maximum atomic E-state index is 12.5. The first-order valence-electron chi connectivity index (χ1n) is 8.23. The van der Waals surface area contributed by atoms with E-state index in [1.54, 1.807) is 4.90 Å². The van der Waals surface area contributed by atoms with Crippen LogP contribution in [0.5, 0.6) is 0 Å². The Morgan fingerprint density at radius 1 is 1.24 bits per heavy atom. The van der Waals surface area contributed by atoms with Crippen LogP contribution in [-0.4, -0.2) is 54.6 Å². The van der Waals surface area contributed by atoms with E-state index in [-0.39, 0.29) is 24.0 Å². The van der Waals surface area contributed by atoms with E-state index in [0.29, 0.717) is 18.0 Å². The van der Waals surface area contributed by atoms with E-state index in [0.717, 1.165) is 38.8 Å². The third kappa shape index (κ3) is 2.29. The summed E-state index contributed by atoms with van der Waals surface area (Å²) in [4.78, 5) is 26.0. The molecular formula is C15H24N4O2. The highest BCUT2D eigenvalue weighted by Crippen LogP contribution is 2.47. The van der Waals surface area contributed by atoms with Crippen molar-refractivity contribution >= 4 is 11.9 Å². The van der Waals surface area contributed by atoms with E-state index >= 15 is 0 Å². The van der Waals surface area contributed by atoms with E-state index in [1.165, 1.54) is 12.8 Å². The minimum atomic E-state index is -0.256. The highest BCUT2D eigenvalue weighted by atomic mass is 16.2. The highest BCUT2D eigenvalue weighted by Gasteiger charge is 2.47. The molecule has 21 heavy (non-hydrogen) atoms. The van der Waals surface area contributed by atoms with Crippen LogP contribution >= 0.6 is 0 Å². The molecule has 3 N–H and O–H groups in total. The summed E-state index contributed by atoms with van der Waals surface area (Å²) in [5, 5.41) is 9.51. The lowest BCUT2D eigenvalue weighted by atomic mass is 9.60. The van der Waals surface area contributed by atoms with Gasteiger partial charge in [-0.3, -0.25) is 4.79 Å². The molecule has 0 aromatic heterocycles. The van der Waals surface area contributed by atoms with Crippen LogP contribution in [0, 0.1) is 5.41 Å². The van der Waals surface area contributed by atoms with Crippen molar-refractivity contribution in [3.05, 3.63) is 0 Å². The van der Waals surface area contributed by atoms with Gasteiger partial charge in [0.2, 0.25) is 5.91 Å². The number of nitrogens with one attached hydrogen (secondary N) is 3. The average molecular weight is 292 g/mol. The minimum absolute atomic E-state index is 0.0549. The Bertz CT molecular complexity index is 453. The molecule has 3 amide bonds. The van der Waals surface area contributed by atoms with Crippen LogP contribution in [0.2, 0.25) is 0 Å². The zero-order chi connectivity index (χ0) is 14.4. The molecule has 6 nitrogen and oxygen atoms in total. The first-order chi connectivity index (χ1) is 10.2. The number of carbonyl (C=O) groups excluding carboxylic acids is 2. The van der Waals surface area contributed by atoms with Crippen molar-refractivity contribution in [2.24, 2.45) is 5.41 Å². The molecule has 0 aromatic rings. The number of hydrogen-bond acceptors (Lipinski definition) is 3. The number of amides is 3. The molecule has 1 saturated carbocycles. The van der Waals surface area contributed by atoms with Crippen molar-refractivity contribution in [2.45, 2.75) is 56.7 Å². The second kappa shape index (κ2) is 4.87. The molecule has 3 saturated heterocycles. The zero-order valence-electron chi connectivity index (χ0n) is 12.4. The fraction of sp³-hybridized carbons (Fsp3) is 0.867. The Morgan fingerprint density at radius 2 is 2.00 bits per heavy atom. The SMILES string of the molecule is O=C(NC1CC2(CCNCC2)C1)C1CCC2CN1C(=O)N2. The van der Waals surface area contributed by atoms with E-state index in [4.69, 9.17) is 0 Å². The number of piperidine rings is 2. The minimum Gasteiger partial charge on any atom is -0.352 e. The second-order valence-corrected chi connectivity index (χ2v) is 7.26. The van der Waals surface area contributed by atoms with Gasteiger partial charge in [0.05, 0.1) is 0 Å². The molecule has 0 radical (unpaired) electrons. The summed E-state index contributed by atoms with van der Waals surface area (Å²) in [6.45, 7) is 2.91. The van der Waals surface area contributed by atoms with Gasteiger partial charge in [-0.15, -0.1) is 0 Å². The quantitative estimate of drug-likeness (QED) is 0.680. The van der Waals surface area contributed by atoms with Crippen molar-refractivity contribution in [1.29, 1.82) is 0 Å². The molecule has 116 valence electrons. The molecule has 2 unspecified atom stereocenters. The van der Waals surface area contributed by atoms with E-state index in [2.05, 4.69) is 16.0 Å². The molecule has 3 aliphatic heterocycles. The highest BCUT2D eigenvalue weighted by molar-refractivity contribution is 5.89. The number of hydrogen-bond donors (Lipinski definition) is 3. The number of carbonyl (C=O) groups is 2. The van der Waals surface area contributed by atoms with Crippen molar-refractivity contribution in [3.8, 4) is 0 Å². The van der Waals surface area contributed by atoms with Gasteiger partial charge >= 0.3 is 6.03 Å². The predicted octanol–water partition coefficient (Wildman–Crippen LogP) is 0.191. The largest absolute Gasteiger partial charge is 0.352 e. The molecule has 4 rings (SSSR count). The van der Waals surface area contributed by atoms with Gasteiger partial charge < -0.3 is 20.9 Å². The Kier molecular flexibility index (Phi) is 3.10. The summed E-state index contributed by atoms with van der Waals surface area (Å²) in [5.74, 6) is 0.0549. The summed E-state index contributed by atoms with van der Waals surface area (Å²) in [7, 11) is 0. The molecule has 2 atom stereocenters. The number of urea groups is 1. The van der Waals surface area contributed by atoms with E-state index in [9.17, 15) is 9.59 Å². The Morgan fingerprint density at radius 3 is 2.76 bits per heavy atom. The summed E-state index contributed by atoms with van der Waals surface area (Å²) >= 11 is 0. The fourth-order valence-corrected chi connectivity index (χ4v) is 4.59. The molecule has 1 spiro atoms. The van der Waals surface area contributed by atoms with Crippen molar-refractivity contribution in [2.75, 3.05) is 19.6 Å². The first kappa shape index (κ1) is 13.4. The third-order valence-electron chi connectivity index (χ3n) is 5.84. The lowest BCUT2D eigenvalue weighted by molar-refractivity contribution is -0.128. The molecule has 3 heterocycles. The smallest absolute Gasteiger partial charge is 0.318 e. The van der Waals surface area contributed by atoms with Crippen molar-refractivity contribution < 1.29 is 9.59 Å². The van der Waals surface area contributed by atoms with Gasteiger partial charge in [-0.25, -0.2) is 4.79 Å². The standard InChI is InChI=1S/C15H24N4O2/c20-13(12-2-1-10-9-19(12)14(21)18-10)17-11-7-15(8-11)3-5-16-6-4-15/h10-12,16H,1-9H2,(H,17,20)(H,18,21). The monoisotopic (exact) mass is 292 g/mol. The molecule has 6 heteroatoms. The lowest BCUT2D eigenvalue weighted by Gasteiger charge is -2.51. The third-order valence-corrected chi connectivity index (χ3v) is 5.84. The summed E-state index contributed by atoms with van der Waals surface area (Å²) in [6.07, 6.45) is 6.40. The second-order valence-electron chi connectivity index (χ2n) is 7.26. The molecule has 0 aromatic carbocycles. The van der Waals surface area contributed by atoms with Gasteiger partial charge in [-0.05, 0) is 57.0 Å². The Hall–Kier alpha value is -1.30. The number of rotatable bonds is 2. The van der Waals surface area contributed by atoms with Crippen LogP contribution < -0.4 is 16.0 Å². The Balaban J connectivity index is 1.32. The molecule has 4 fully saturated rings. The van der Waals surface area contributed by atoms with Gasteiger partial charge in [-0.2, -0.15) is 0 Å². The Labute approximate surface area is 125 Å². The molecule has 1 aliphatic carbocycles. The molecule has 4 aliphatic rings. The average Bonchev–Trinajstić information content (AvgIpc) is 2.73. The molecule has 2 bridgehead atoms. The summed E-state index contributed by atoms with van der Waals surface area (Å²) in [6, 6.07) is 0.247. The van der Waals surface area contributed by atoms with Crippen LogP contribution in [0.15, 0.2) is 0 Å². The van der Waals surface area contributed by atoms with Crippen LogP contribution in [-0.2, 0) is 4.79 Å². The van der Waals surface area contributed by atoms with Crippen molar-refractivity contribution in [3.63, 3.8) is 0 Å². The number of fused-ring (bicyclic) bond motifs is 2. The van der Waals surface area contributed by atoms with Gasteiger partial charge in [-0.1, -0.05) is 0 Å². The van der Waals surface area contributed by atoms with Gasteiger partial charge in [0.1, 0.15) is 6.04 Å². The van der Waals surface area contributed by atoms with Crippen molar-refractivity contribution in [1.82, 2.24) is 20.9 Å².